The van der Waals surface area contributed by atoms with E-state index >= 15 is 0 Å². The maximum absolute atomic E-state index is 12.6. The summed E-state index contributed by atoms with van der Waals surface area (Å²) in [6.45, 7) is 3.54. The number of rotatable bonds is 7. The third-order valence-corrected chi connectivity index (χ3v) is 4.37. The second kappa shape index (κ2) is 9.26. The molecule has 122 valence electrons. The number of unbranched alkanes of at least 4 members (excludes halogenated alkanes) is 1. The minimum atomic E-state index is -0.0424. The van der Waals surface area contributed by atoms with Gasteiger partial charge in [-0.05, 0) is 42.5 Å². The topological polar surface area (TPSA) is 32.3 Å². The molecule has 0 saturated heterocycles. The molecule has 0 aliphatic rings. The SMILES string of the molecule is CCCCN(Cc1ccccc1)C(=O)Nc1ccc(SC)cc1. The Morgan fingerprint density at radius 2 is 1.78 bits per heavy atom. The number of carbonyl (C=O) groups excluding carboxylic acids is 1. The van der Waals surface area contributed by atoms with Crippen molar-refractivity contribution in [3.63, 3.8) is 0 Å². The maximum atomic E-state index is 12.6. The van der Waals surface area contributed by atoms with Gasteiger partial charge in [0, 0.05) is 23.7 Å². The molecule has 0 bridgehead atoms. The fourth-order valence-electron chi connectivity index (χ4n) is 2.28. The van der Waals surface area contributed by atoms with Gasteiger partial charge in [0.1, 0.15) is 0 Å². The van der Waals surface area contributed by atoms with Gasteiger partial charge in [-0.1, -0.05) is 43.7 Å². The fourth-order valence-corrected chi connectivity index (χ4v) is 2.69. The average Bonchev–Trinajstić information content (AvgIpc) is 2.60. The molecule has 0 radical (unpaired) electrons. The second-order valence-electron chi connectivity index (χ2n) is 5.42. The smallest absolute Gasteiger partial charge is 0.320 e. The lowest BCUT2D eigenvalue weighted by Gasteiger charge is -2.23. The van der Waals surface area contributed by atoms with Crippen LogP contribution in [0.25, 0.3) is 0 Å². The molecule has 0 aliphatic carbocycles. The van der Waals surface area contributed by atoms with E-state index in [9.17, 15) is 4.79 Å². The number of anilines is 1. The fraction of sp³-hybridized carbons (Fsp3) is 0.316. The summed E-state index contributed by atoms with van der Waals surface area (Å²) in [5, 5.41) is 3.00. The third-order valence-electron chi connectivity index (χ3n) is 3.63. The lowest BCUT2D eigenvalue weighted by molar-refractivity contribution is 0.208. The van der Waals surface area contributed by atoms with Gasteiger partial charge in [-0.2, -0.15) is 0 Å². The molecule has 2 aromatic carbocycles. The highest BCUT2D eigenvalue weighted by Crippen LogP contribution is 2.18. The lowest BCUT2D eigenvalue weighted by atomic mass is 10.2. The minimum absolute atomic E-state index is 0.0424. The minimum Gasteiger partial charge on any atom is -0.320 e. The molecule has 2 amide bonds. The first kappa shape index (κ1) is 17.4. The van der Waals surface area contributed by atoms with Crippen LogP contribution >= 0.6 is 11.8 Å². The Bertz CT molecular complexity index is 599. The molecule has 2 rings (SSSR count). The summed E-state index contributed by atoms with van der Waals surface area (Å²) in [7, 11) is 0. The molecule has 23 heavy (non-hydrogen) atoms. The van der Waals surface area contributed by atoms with Gasteiger partial charge in [-0.25, -0.2) is 4.79 Å². The Labute approximate surface area is 143 Å². The molecule has 0 atom stereocenters. The summed E-state index contributed by atoms with van der Waals surface area (Å²) < 4.78 is 0. The largest absolute Gasteiger partial charge is 0.322 e. The zero-order valence-corrected chi connectivity index (χ0v) is 14.6. The number of benzene rings is 2. The summed E-state index contributed by atoms with van der Waals surface area (Å²) >= 11 is 1.69. The van der Waals surface area contributed by atoms with Crippen molar-refractivity contribution in [3.8, 4) is 0 Å². The van der Waals surface area contributed by atoms with Crippen LogP contribution in [0.2, 0.25) is 0 Å². The molecule has 0 aromatic heterocycles. The molecule has 0 heterocycles. The number of nitrogens with zero attached hydrogens (tertiary/aromatic N) is 1. The first-order valence-corrected chi connectivity index (χ1v) is 9.19. The van der Waals surface area contributed by atoms with Gasteiger partial charge in [-0.3, -0.25) is 0 Å². The predicted octanol–water partition coefficient (Wildman–Crippen LogP) is 5.24. The van der Waals surface area contributed by atoms with Crippen LogP contribution in [0, 0.1) is 0 Å². The number of carbonyl (C=O) groups is 1. The molecule has 0 unspecified atom stereocenters. The van der Waals surface area contributed by atoms with Gasteiger partial charge in [0.05, 0.1) is 0 Å². The van der Waals surface area contributed by atoms with Crippen LogP contribution in [0.1, 0.15) is 25.3 Å². The van der Waals surface area contributed by atoms with Crippen molar-refractivity contribution in [1.82, 2.24) is 4.90 Å². The molecule has 0 spiro atoms. The number of thioether (sulfide) groups is 1. The second-order valence-corrected chi connectivity index (χ2v) is 6.30. The third kappa shape index (κ3) is 5.64. The van der Waals surface area contributed by atoms with E-state index in [0.717, 1.165) is 30.6 Å². The normalized spacial score (nSPS) is 10.3. The zero-order valence-electron chi connectivity index (χ0n) is 13.8. The van der Waals surface area contributed by atoms with E-state index in [-0.39, 0.29) is 6.03 Å². The molecular formula is C19H24N2OS. The van der Waals surface area contributed by atoms with Crippen molar-refractivity contribution in [3.05, 3.63) is 60.2 Å². The standard InChI is InChI=1S/C19H24N2OS/c1-3-4-14-21(15-16-8-6-5-7-9-16)19(22)20-17-10-12-18(23-2)13-11-17/h5-13H,3-4,14-15H2,1-2H3,(H,20,22). The van der Waals surface area contributed by atoms with E-state index in [0.29, 0.717) is 6.54 Å². The molecule has 3 nitrogen and oxygen atoms in total. The first-order chi connectivity index (χ1) is 11.2. The van der Waals surface area contributed by atoms with E-state index in [1.807, 2.05) is 53.6 Å². The zero-order chi connectivity index (χ0) is 16.5. The molecule has 0 fully saturated rings. The van der Waals surface area contributed by atoms with Gasteiger partial charge in [0.15, 0.2) is 0 Å². The molecule has 0 saturated carbocycles. The van der Waals surface area contributed by atoms with Crippen molar-refractivity contribution in [1.29, 1.82) is 0 Å². The monoisotopic (exact) mass is 328 g/mol. The van der Waals surface area contributed by atoms with E-state index in [1.165, 1.54) is 4.90 Å². The number of nitrogens with one attached hydrogen (secondary N) is 1. The van der Waals surface area contributed by atoms with E-state index in [1.54, 1.807) is 11.8 Å². The van der Waals surface area contributed by atoms with Crippen molar-refractivity contribution in [2.75, 3.05) is 18.1 Å². The van der Waals surface area contributed by atoms with Crippen LogP contribution in [0.5, 0.6) is 0 Å². The number of hydrogen-bond acceptors (Lipinski definition) is 2. The van der Waals surface area contributed by atoms with Crippen molar-refractivity contribution in [2.45, 2.75) is 31.2 Å². The predicted molar refractivity (Wildman–Crippen MR) is 99.0 cm³/mol. The number of hydrogen-bond donors (Lipinski definition) is 1. The van der Waals surface area contributed by atoms with E-state index in [4.69, 9.17) is 0 Å². The quantitative estimate of drug-likeness (QED) is 0.705. The highest BCUT2D eigenvalue weighted by atomic mass is 32.2. The first-order valence-electron chi connectivity index (χ1n) is 7.97. The average molecular weight is 328 g/mol. The number of amides is 2. The van der Waals surface area contributed by atoms with Crippen LogP contribution < -0.4 is 5.32 Å². The van der Waals surface area contributed by atoms with Gasteiger partial charge < -0.3 is 10.2 Å². The van der Waals surface area contributed by atoms with Crippen LogP contribution in [0.4, 0.5) is 10.5 Å². The van der Waals surface area contributed by atoms with E-state index in [2.05, 4.69) is 24.4 Å². The molecular weight excluding hydrogens is 304 g/mol. The van der Waals surface area contributed by atoms with Crippen molar-refractivity contribution in [2.24, 2.45) is 0 Å². The van der Waals surface area contributed by atoms with Gasteiger partial charge in [0.2, 0.25) is 0 Å². The highest BCUT2D eigenvalue weighted by Gasteiger charge is 2.13. The summed E-state index contributed by atoms with van der Waals surface area (Å²) in [4.78, 5) is 15.7. The summed E-state index contributed by atoms with van der Waals surface area (Å²) in [6.07, 6.45) is 4.12. The Hall–Kier alpha value is -1.94. The molecule has 4 heteroatoms. The highest BCUT2D eigenvalue weighted by molar-refractivity contribution is 7.98. The Morgan fingerprint density at radius 3 is 2.39 bits per heavy atom. The van der Waals surface area contributed by atoms with Crippen LogP contribution in [-0.4, -0.2) is 23.7 Å². The Kier molecular flexibility index (Phi) is 7.01. The summed E-state index contributed by atoms with van der Waals surface area (Å²) in [5.41, 5.74) is 1.99. The van der Waals surface area contributed by atoms with Crippen molar-refractivity contribution >= 4 is 23.5 Å². The Morgan fingerprint density at radius 1 is 1.09 bits per heavy atom. The van der Waals surface area contributed by atoms with Crippen LogP contribution in [0.3, 0.4) is 0 Å². The molecule has 2 aromatic rings. The van der Waals surface area contributed by atoms with E-state index < -0.39 is 0 Å². The van der Waals surface area contributed by atoms with Gasteiger partial charge >= 0.3 is 6.03 Å². The van der Waals surface area contributed by atoms with Crippen LogP contribution in [-0.2, 0) is 6.54 Å². The summed E-state index contributed by atoms with van der Waals surface area (Å²) in [5.74, 6) is 0. The van der Waals surface area contributed by atoms with Crippen LogP contribution in [0.15, 0.2) is 59.5 Å². The van der Waals surface area contributed by atoms with Crippen molar-refractivity contribution < 1.29 is 4.79 Å². The Balaban J connectivity index is 2.02. The van der Waals surface area contributed by atoms with Gasteiger partial charge in [0.25, 0.3) is 0 Å². The lowest BCUT2D eigenvalue weighted by Crippen LogP contribution is -2.35. The maximum Gasteiger partial charge on any atom is 0.322 e. The molecule has 1 N–H and O–H groups in total. The number of urea groups is 1. The molecule has 0 aliphatic heterocycles. The summed E-state index contributed by atoms with van der Waals surface area (Å²) in [6, 6.07) is 18.0. The van der Waals surface area contributed by atoms with Gasteiger partial charge in [-0.15, -0.1) is 11.8 Å².